The van der Waals surface area contributed by atoms with Crippen LogP contribution in [0.1, 0.15) is 72.7 Å². The Labute approximate surface area is 159 Å². The van der Waals surface area contributed by atoms with E-state index >= 15 is 0 Å². The van der Waals surface area contributed by atoms with Crippen molar-refractivity contribution >= 4 is 17.5 Å². The van der Waals surface area contributed by atoms with Crippen LogP contribution >= 0.6 is 0 Å². The first-order chi connectivity index (χ1) is 13.2. The molecule has 2 aliphatic rings. The van der Waals surface area contributed by atoms with Crippen molar-refractivity contribution in [3.05, 3.63) is 53.5 Å². The molecule has 1 saturated carbocycles. The normalized spacial score (nSPS) is 19.9. The molecule has 4 rings (SSSR count). The van der Waals surface area contributed by atoms with Gasteiger partial charge in [-0.1, -0.05) is 25.3 Å². The second-order valence-corrected chi connectivity index (χ2v) is 7.62. The van der Waals surface area contributed by atoms with Gasteiger partial charge in [0.05, 0.1) is 12.3 Å². The van der Waals surface area contributed by atoms with E-state index in [0.29, 0.717) is 11.3 Å². The highest BCUT2D eigenvalue weighted by Crippen LogP contribution is 2.31. The Balaban J connectivity index is 1.41. The van der Waals surface area contributed by atoms with Gasteiger partial charge in [-0.25, -0.2) is 0 Å². The summed E-state index contributed by atoms with van der Waals surface area (Å²) in [6, 6.07) is 9.13. The van der Waals surface area contributed by atoms with Crippen molar-refractivity contribution in [1.82, 2.24) is 5.32 Å². The molecule has 0 bridgehead atoms. The number of anilines is 1. The number of furan rings is 1. The molecule has 1 heterocycles. The zero-order chi connectivity index (χ0) is 18.6. The summed E-state index contributed by atoms with van der Waals surface area (Å²) in [6.07, 6.45) is 9.92. The van der Waals surface area contributed by atoms with Gasteiger partial charge in [-0.3, -0.25) is 9.59 Å². The average molecular weight is 366 g/mol. The fraction of sp³-hybridized carbons (Fsp3) is 0.455. The lowest BCUT2D eigenvalue weighted by atomic mass is 9.88. The minimum Gasteiger partial charge on any atom is -0.469 e. The smallest absolute Gasteiger partial charge is 0.251 e. The first-order valence-electron chi connectivity index (χ1n) is 9.99. The average Bonchev–Trinajstić information content (AvgIpc) is 3.19. The number of rotatable bonds is 4. The van der Waals surface area contributed by atoms with Crippen LogP contribution in [0.3, 0.4) is 0 Å². The van der Waals surface area contributed by atoms with Gasteiger partial charge >= 0.3 is 0 Å². The number of benzene rings is 1. The van der Waals surface area contributed by atoms with Gasteiger partial charge in [-0.15, -0.1) is 0 Å². The van der Waals surface area contributed by atoms with Gasteiger partial charge in [0.1, 0.15) is 5.76 Å². The molecule has 1 atom stereocenters. The van der Waals surface area contributed by atoms with Gasteiger partial charge in [0.25, 0.3) is 5.91 Å². The zero-order valence-corrected chi connectivity index (χ0v) is 15.5. The quantitative estimate of drug-likeness (QED) is 0.830. The third-order valence-electron chi connectivity index (χ3n) is 5.73. The molecule has 0 saturated heterocycles. The Morgan fingerprint density at radius 1 is 1.00 bits per heavy atom. The molecular weight excluding hydrogens is 340 g/mol. The molecule has 1 aromatic carbocycles. The molecule has 2 amide bonds. The molecule has 5 heteroatoms. The minimum atomic E-state index is -0.122. The van der Waals surface area contributed by atoms with Crippen molar-refractivity contribution in [2.24, 2.45) is 5.92 Å². The molecule has 1 unspecified atom stereocenters. The molecule has 5 nitrogen and oxygen atoms in total. The molecule has 0 spiro atoms. The fourth-order valence-corrected chi connectivity index (χ4v) is 4.23. The molecule has 27 heavy (non-hydrogen) atoms. The second kappa shape index (κ2) is 7.99. The fourth-order valence-electron chi connectivity index (χ4n) is 4.23. The van der Waals surface area contributed by atoms with E-state index in [4.69, 9.17) is 4.42 Å². The van der Waals surface area contributed by atoms with E-state index in [1.807, 2.05) is 18.2 Å². The third kappa shape index (κ3) is 4.07. The summed E-state index contributed by atoms with van der Waals surface area (Å²) >= 11 is 0. The van der Waals surface area contributed by atoms with Gasteiger partial charge < -0.3 is 15.1 Å². The van der Waals surface area contributed by atoms with Crippen LogP contribution in [0.2, 0.25) is 0 Å². The van der Waals surface area contributed by atoms with Crippen LogP contribution in [0.5, 0.6) is 0 Å². The lowest BCUT2D eigenvalue weighted by molar-refractivity contribution is -0.120. The van der Waals surface area contributed by atoms with Crippen LogP contribution in [0, 0.1) is 5.92 Å². The van der Waals surface area contributed by atoms with Crippen molar-refractivity contribution in [1.29, 1.82) is 0 Å². The Bertz CT molecular complexity index is 820. The number of aryl methyl sites for hydroxylation is 1. The molecule has 1 fully saturated rings. The summed E-state index contributed by atoms with van der Waals surface area (Å²) in [4.78, 5) is 25.2. The standard InChI is InChI=1S/C22H26N2O3/c25-21(15-6-2-1-3-7-15)23-17-9-4-8-16(14-17)22(26)24-19-10-5-11-20-18(19)12-13-27-20/h4,8-9,12-15,19H,1-3,5-7,10-11H2,(H,23,25)(H,24,26). The largest absolute Gasteiger partial charge is 0.469 e. The zero-order valence-electron chi connectivity index (χ0n) is 15.5. The first-order valence-corrected chi connectivity index (χ1v) is 9.99. The maximum atomic E-state index is 12.7. The SMILES string of the molecule is O=C(NC1CCCc2occc21)c1cccc(NC(=O)C2CCCCC2)c1. The number of fused-ring (bicyclic) bond motifs is 1. The van der Waals surface area contributed by atoms with E-state index in [1.54, 1.807) is 18.4 Å². The Morgan fingerprint density at radius 2 is 1.85 bits per heavy atom. The lowest BCUT2D eigenvalue weighted by Gasteiger charge is -2.23. The summed E-state index contributed by atoms with van der Waals surface area (Å²) in [5.41, 5.74) is 2.33. The number of hydrogen-bond donors (Lipinski definition) is 2. The van der Waals surface area contributed by atoms with Crippen LogP contribution in [0.4, 0.5) is 5.69 Å². The van der Waals surface area contributed by atoms with E-state index in [2.05, 4.69) is 10.6 Å². The number of nitrogens with one attached hydrogen (secondary N) is 2. The summed E-state index contributed by atoms with van der Waals surface area (Å²) in [6.45, 7) is 0. The summed E-state index contributed by atoms with van der Waals surface area (Å²) in [7, 11) is 0. The number of carbonyl (C=O) groups excluding carboxylic acids is 2. The van der Waals surface area contributed by atoms with Crippen molar-refractivity contribution < 1.29 is 14.0 Å². The Morgan fingerprint density at radius 3 is 2.70 bits per heavy atom. The van der Waals surface area contributed by atoms with Crippen molar-refractivity contribution in [2.75, 3.05) is 5.32 Å². The molecular formula is C22H26N2O3. The van der Waals surface area contributed by atoms with Gasteiger partial charge in [0, 0.05) is 29.2 Å². The van der Waals surface area contributed by atoms with Crippen molar-refractivity contribution in [2.45, 2.75) is 57.4 Å². The van der Waals surface area contributed by atoms with E-state index in [1.165, 1.54) is 6.42 Å². The summed E-state index contributed by atoms with van der Waals surface area (Å²) < 4.78 is 5.50. The molecule has 0 aliphatic heterocycles. The predicted molar refractivity (Wildman–Crippen MR) is 103 cm³/mol. The Hall–Kier alpha value is -2.56. The van der Waals surface area contributed by atoms with Crippen LogP contribution in [0.15, 0.2) is 41.0 Å². The van der Waals surface area contributed by atoms with Crippen LogP contribution in [-0.4, -0.2) is 11.8 Å². The van der Waals surface area contributed by atoms with E-state index in [-0.39, 0.29) is 23.8 Å². The molecule has 1 aromatic heterocycles. The van der Waals surface area contributed by atoms with Gasteiger partial charge in [-0.2, -0.15) is 0 Å². The lowest BCUT2D eigenvalue weighted by Crippen LogP contribution is -2.30. The maximum Gasteiger partial charge on any atom is 0.251 e. The van der Waals surface area contributed by atoms with Crippen LogP contribution < -0.4 is 10.6 Å². The summed E-state index contributed by atoms with van der Waals surface area (Å²) in [5, 5.41) is 6.10. The molecule has 142 valence electrons. The van der Waals surface area contributed by atoms with Crippen LogP contribution in [0.25, 0.3) is 0 Å². The third-order valence-corrected chi connectivity index (χ3v) is 5.73. The monoisotopic (exact) mass is 366 g/mol. The van der Waals surface area contributed by atoms with Gasteiger partial charge in [0.15, 0.2) is 0 Å². The number of amides is 2. The molecule has 0 radical (unpaired) electrons. The highest BCUT2D eigenvalue weighted by molar-refractivity contribution is 5.97. The highest BCUT2D eigenvalue weighted by Gasteiger charge is 2.25. The van der Waals surface area contributed by atoms with Crippen LogP contribution in [-0.2, 0) is 11.2 Å². The first kappa shape index (κ1) is 17.8. The van der Waals surface area contributed by atoms with Crippen molar-refractivity contribution in [3.63, 3.8) is 0 Å². The second-order valence-electron chi connectivity index (χ2n) is 7.62. The maximum absolute atomic E-state index is 12.7. The van der Waals surface area contributed by atoms with E-state index < -0.39 is 0 Å². The van der Waals surface area contributed by atoms with E-state index in [0.717, 1.165) is 56.3 Å². The van der Waals surface area contributed by atoms with Gasteiger partial charge in [0.2, 0.25) is 5.91 Å². The van der Waals surface area contributed by atoms with Crippen molar-refractivity contribution in [3.8, 4) is 0 Å². The molecule has 2 aromatic rings. The predicted octanol–water partition coefficient (Wildman–Crippen LogP) is 4.61. The highest BCUT2D eigenvalue weighted by atomic mass is 16.3. The number of hydrogen-bond acceptors (Lipinski definition) is 3. The molecule has 2 N–H and O–H groups in total. The minimum absolute atomic E-state index is 0.0134. The van der Waals surface area contributed by atoms with Gasteiger partial charge in [-0.05, 0) is 49.9 Å². The molecule has 2 aliphatic carbocycles. The number of carbonyl (C=O) groups is 2. The topological polar surface area (TPSA) is 71.3 Å². The summed E-state index contributed by atoms with van der Waals surface area (Å²) in [5.74, 6) is 1.02. The van der Waals surface area contributed by atoms with E-state index in [9.17, 15) is 9.59 Å². The Kier molecular flexibility index (Phi) is 5.28.